The van der Waals surface area contributed by atoms with Crippen molar-refractivity contribution in [1.82, 2.24) is 4.98 Å². The Kier molecular flexibility index (Phi) is 3.17. The third kappa shape index (κ3) is 2.31. The van der Waals surface area contributed by atoms with Crippen molar-refractivity contribution in [3.8, 4) is 0 Å². The van der Waals surface area contributed by atoms with Crippen LogP contribution in [0, 0.1) is 0 Å². The first-order chi connectivity index (χ1) is 9.28. The number of carbonyl (C=O) groups is 1. The summed E-state index contributed by atoms with van der Waals surface area (Å²) in [4.78, 5) is 18.5. The van der Waals surface area contributed by atoms with E-state index in [2.05, 4.69) is 29.4 Å². The maximum Gasteiger partial charge on any atom is 0.256 e. The van der Waals surface area contributed by atoms with Crippen LogP contribution in [0.2, 0.25) is 0 Å². The number of pyridine rings is 1. The molecular weight excluding hydrogens is 256 g/mol. The van der Waals surface area contributed by atoms with Crippen LogP contribution in [0.3, 0.4) is 0 Å². The summed E-state index contributed by atoms with van der Waals surface area (Å²) in [6.45, 7) is 2.17. The second kappa shape index (κ2) is 4.97. The van der Waals surface area contributed by atoms with Gasteiger partial charge in [-0.2, -0.15) is 0 Å². The fraction of sp³-hybridized carbons (Fsp3) is 0.200. The number of hydrogen-bond donors (Lipinski definition) is 1. The second-order valence-electron chi connectivity index (χ2n) is 4.49. The molecule has 1 N–H and O–H groups in total. The lowest BCUT2D eigenvalue weighted by Gasteiger charge is -1.95. The minimum absolute atomic E-state index is 0.0477. The van der Waals surface area contributed by atoms with Gasteiger partial charge >= 0.3 is 0 Å². The van der Waals surface area contributed by atoms with Crippen molar-refractivity contribution in [3.63, 3.8) is 0 Å². The van der Waals surface area contributed by atoms with Crippen LogP contribution < -0.4 is 5.32 Å². The van der Waals surface area contributed by atoms with E-state index in [0.29, 0.717) is 0 Å². The van der Waals surface area contributed by atoms with Crippen LogP contribution in [0.15, 0.2) is 30.6 Å². The van der Waals surface area contributed by atoms with E-state index in [9.17, 15) is 4.79 Å². The molecular formula is C15H14N2OS. The average Bonchev–Trinajstić information content (AvgIpc) is 2.96. The largest absolute Gasteiger partial charge is 0.320 e. The standard InChI is InChI=1S/C15H14N2OS/c1-2-3-10-4-5-11(19-10)8-13-12-6-7-16-9-14(12)17-15(13)18/h4-9H,2-3H2,1H3,(H,17,18). The van der Waals surface area contributed by atoms with Gasteiger partial charge in [0, 0.05) is 21.5 Å². The van der Waals surface area contributed by atoms with Crippen LogP contribution >= 0.6 is 11.3 Å². The van der Waals surface area contributed by atoms with Gasteiger partial charge in [0.15, 0.2) is 0 Å². The Balaban J connectivity index is 1.96. The van der Waals surface area contributed by atoms with E-state index in [1.54, 1.807) is 23.7 Å². The van der Waals surface area contributed by atoms with E-state index in [4.69, 9.17) is 0 Å². The van der Waals surface area contributed by atoms with Gasteiger partial charge in [-0.1, -0.05) is 13.3 Å². The number of anilines is 1. The number of hydrogen-bond acceptors (Lipinski definition) is 3. The fourth-order valence-corrected chi connectivity index (χ4v) is 3.24. The van der Waals surface area contributed by atoms with Crippen molar-refractivity contribution in [3.05, 3.63) is 45.9 Å². The summed E-state index contributed by atoms with van der Waals surface area (Å²) in [5.41, 5.74) is 2.46. The topological polar surface area (TPSA) is 42.0 Å². The van der Waals surface area contributed by atoms with E-state index in [0.717, 1.165) is 34.5 Å². The Bertz CT molecular complexity index is 658. The van der Waals surface area contributed by atoms with Crippen molar-refractivity contribution in [2.75, 3.05) is 5.32 Å². The number of amides is 1. The molecule has 0 spiro atoms. The molecule has 1 aliphatic heterocycles. The third-order valence-corrected chi connectivity index (χ3v) is 4.16. The zero-order chi connectivity index (χ0) is 13.2. The van der Waals surface area contributed by atoms with Crippen LogP contribution in [0.1, 0.15) is 28.7 Å². The Labute approximate surface area is 116 Å². The lowest BCUT2D eigenvalue weighted by Crippen LogP contribution is -2.03. The summed E-state index contributed by atoms with van der Waals surface area (Å²) in [6.07, 6.45) is 7.60. The predicted octanol–water partition coefficient (Wildman–Crippen LogP) is 3.59. The quantitative estimate of drug-likeness (QED) is 0.866. The van der Waals surface area contributed by atoms with Crippen molar-refractivity contribution < 1.29 is 4.79 Å². The van der Waals surface area contributed by atoms with Gasteiger partial charge in [0.2, 0.25) is 0 Å². The zero-order valence-corrected chi connectivity index (χ0v) is 11.5. The normalized spacial score (nSPS) is 15.6. The number of nitrogens with zero attached hydrogens (tertiary/aromatic N) is 1. The highest BCUT2D eigenvalue weighted by molar-refractivity contribution is 7.13. The lowest BCUT2D eigenvalue weighted by atomic mass is 10.1. The number of aromatic nitrogens is 1. The molecule has 0 saturated carbocycles. The Morgan fingerprint density at radius 3 is 3.11 bits per heavy atom. The molecule has 3 heterocycles. The zero-order valence-electron chi connectivity index (χ0n) is 10.6. The van der Waals surface area contributed by atoms with E-state index >= 15 is 0 Å². The van der Waals surface area contributed by atoms with Crippen molar-refractivity contribution in [1.29, 1.82) is 0 Å². The molecule has 2 aromatic heterocycles. The van der Waals surface area contributed by atoms with Gasteiger partial charge in [0.05, 0.1) is 17.5 Å². The second-order valence-corrected chi connectivity index (χ2v) is 5.69. The summed E-state index contributed by atoms with van der Waals surface area (Å²) in [5, 5.41) is 2.83. The lowest BCUT2D eigenvalue weighted by molar-refractivity contribution is -0.110. The average molecular weight is 270 g/mol. The summed E-state index contributed by atoms with van der Waals surface area (Å²) in [7, 11) is 0. The summed E-state index contributed by atoms with van der Waals surface area (Å²) < 4.78 is 0. The van der Waals surface area contributed by atoms with Gasteiger partial charge in [0.1, 0.15) is 0 Å². The predicted molar refractivity (Wildman–Crippen MR) is 79.1 cm³/mol. The summed E-state index contributed by atoms with van der Waals surface area (Å²) in [5.74, 6) is -0.0477. The van der Waals surface area contributed by atoms with Crippen molar-refractivity contribution >= 4 is 34.6 Å². The van der Waals surface area contributed by atoms with Crippen LogP contribution in [-0.2, 0) is 11.2 Å². The van der Waals surface area contributed by atoms with Crippen LogP contribution in [0.5, 0.6) is 0 Å². The molecule has 0 atom stereocenters. The molecule has 0 aliphatic carbocycles. The Morgan fingerprint density at radius 2 is 2.26 bits per heavy atom. The number of fused-ring (bicyclic) bond motifs is 1. The SMILES string of the molecule is CCCc1ccc(C=C2C(=O)Nc3cnccc32)s1. The molecule has 3 rings (SSSR count). The van der Waals surface area contributed by atoms with Gasteiger partial charge in [-0.25, -0.2) is 0 Å². The van der Waals surface area contributed by atoms with Crippen LogP contribution in [0.25, 0.3) is 11.6 Å². The molecule has 0 unspecified atom stereocenters. The Hall–Kier alpha value is -1.94. The summed E-state index contributed by atoms with van der Waals surface area (Å²) in [6, 6.07) is 6.09. The van der Waals surface area contributed by atoms with E-state index < -0.39 is 0 Å². The monoisotopic (exact) mass is 270 g/mol. The number of rotatable bonds is 3. The van der Waals surface area contributed by atoms with Gasteiger partial charge < -0.3 is 5.32 Å². The van der Waals surface area contributed by atoms with Crippen molar-refractivity contribution in [2.24, 2.45) is 0 Å². The maximum absolute atomic E-state index is 12.0. The van der Waals surface area contributed by atoms with Gasteiger partial charge in [0.25, 0.3) is 5.91 Å². The molecule has 0 radical (unpaired) electrons. The first-order valence-electron chi connectivity index (χ1n) is 6.34. The van der Waals surface area contributed by atoms with Crippen LogP contribution in [0.4, 0.5) is 5.69 Å². The molecule has 0 fully saturated rings. The van der Waals surface area contributed by atoms with E-state index in [1.807, 2.05) is 12.1 Å². The molecule has 19 heavy (non-hydrogen) atoms. The van der Waals surface area contributed by atoms with E-state index in [1.165, 1.54) is 4.88 Å². The number of aryl methyl sites for hydroxylation is 1. The smallest absolute Gasteiger partial charge is 0.256 e. The number of thiophene rings is 1. The van der Waals surface area contributed by atoms with Gasteiger partial charge in [-0.15, -0.1) is 11.3 Å². The van der Waals surface area contributed by atoms with E-state index in [-0.39, 0.29) is 5.91 Å². The molecule has 3 nitrogen and oxygen atoms in total. The molecule has 96 valence electrons. The highest BCUT2D eigenvalue weighted by Gasteiger charge is 2.23. The number of carbonyl (C=O) groups excluding carboxylic acids is 1. The first kappa shape index (κ1) is 12.1. The van der Waals surface area contributed by atoms with Gasteiger partial charge in [-0.05, 0) is 30.7 Å². The first-order valence-corrected chi connectivity index (χ1v) is 7.15. The molecule has 0 saturated heterocycles. The molecule has 0 bridgehead atoms. The molecule has 4 heteroatoms. The molecule has 0 aromatic carbocycles. The third-order valence-electron chi connectivity index (χ3n) is 3.07. The summed E-state index contributed by atoms with van der Waals surface area (Å²) >= 11 is 1.75. The van der Waals surface area contributed by atoms with Crippen molar-refractivity contribution in [2.45, 2.75) is 19.8 Å². The fourth-order valence-electron chi connectivity index (χ4n) is 2.18. The molecule has 2 aromatic rings. The number of nitrogens with one attached hydrogen (secondary N) is 1. The van der Waals surface area contributed by atoms with Gasteiger partial charge in [-0.3, -0.25) is 9.78 Å². The highest BCUT2D eigenvalue weighted by atomic mass is 32.1. The maximum atomic E-state index is 12.0. The minimum Gasteiger partial charge on any atom is -0.320 e. The molecule has 1 aliphatic rings. The highest BCUT2D eigenvalue weighted by Crippen LogP contribution is 2.33. The Morgan fingerprint density at radius 1 is 1.37 bits per heavy atom. The molecule has 1 amide bonds. The minimum atomic E-state index is -0.0477. The van der Waals surface area contributed by atoms with Crippen LogP contribution in [-0.4, -0.2) is 10.9 Å².